The monoisotopic (exact) mass is 382 g/mol. The second-order valence-corrected chi connectivity index (χ2v) is 7.28. The van der Waals surface area contributed by atoms with E-state index in [2.05, 4.69) is 10.0 Å². The molecule has 0 aliphatic heterocycles. The number of aromatic carboxylic acids is 1. The highest BCUT2D eigenvalue weighted by Crippen LogP contribution is 2.28. The summed E-state index contributed by atoms with van der Waals surface area (Å²) in [5.74, 6) is -1.90. The lowest BCUT2D eigenvalue weighted by molar-refractivity contribution is 0.0696. The Bertz CT molecular complexity index is 932. The van der Waals surface area contributed by atoms with Crippen molar-refractivity contribution in [2.24, 2.45) is 0 Å². The van der Waals surface area contributed by atoms with Gasteiger partial charge in [-0.1, -0.05) is 0 Å². The van der Waals surface area contributed by atoms with Crippen LogP contribution in [0.4, 0.5) is 5.69 Å². The van der Waals surface area contributed by atoms with E-state index in [4.69, 9.17) is 14.3 Å². The van der Waals surface area contributed by atoms with E-state index in [0.717, 1.165) is 6.07 Å². The van der Waals surface area contributed by atoms with Gasteiger partial charge in [0.15, 0.2) is 5.76 Å². The van der Waals surface area contributed by atoms with E-state index in [1.807, 2.05) is 0 Å². The minimum Gasteiger partial charge on any atom is -0.489 e. The van der Waals surface area contributed by atoms with Gasteiger partial charge >= 0.3 is 5.97 Å². The molecule has 2 rings (SSSR count). The maximum Gasteiger partial charge on any atom is 0.335 e. The van der Waals surface area contributed by atoms with E-state index in [1.54, 1.807) is 13.8 Å². The van der Waals surface area contributed by atoms with Crippen molar-refractivity contribution in [3.8, 4) is 5.75 Å². The van der Waals surface area contributed by atoms with E-state index in [1.165, 1.54) is 31.3 Å². The predicted molar refractivity (Wildman–Crippen MR) is 92.1 cm³/mol. The lowest BCUT2D eigenvalue weighted by Gasteiger charge is -2.15. The van der Waals surface area contributed by atoms with E-state index in [-0.39, 0.29) is 28.9 Å². The summed E-state index contributed by atoms with van der Waals surface area (Å²) in [7, 11) is -2.61. The van der Waals surface area contributed by atoms with E-state index in [9.17, 15) is 18.0 Å². The van der Waals surface area contributed by atoms with Crippen LogP contribution in [-0.2, 0) is 10.0 Å². The fourth-order valence-electron chi connectivity index (χ4n) is 1.99. The molecule has 140 valence electrons. The number of sulfonamides is 1. The maximum absolute atomic E-state index is 12.3. The van der Waals surface area contributed by atoms with Crippen molar-refractivity contribution in [1.29, 1.82) is 0 Å². The molecule has 0 fully saturated rings. The number of carbonyl (C=O) groups excluding carboxylic acids is 1. The fourth-order valence-corrected chi connectivity index (χ4v) is 2.64. The van der Waals surface area contributed by atoms with Gasteiger partial charge in [-0.2, -0.15) is 0 Å². The minimum atomic E-state index is -3.82. The molecule has 26 heavy (non-hydrogen) atoms. The van der Waals surface area contributed by atoms with Crippen LogP contribution in [0.25, 0.3) is 0 Å². The van der Waals surface area contributed by atoms with Crippen LogP contribution in [0, 0.1) is 0 Å². The topological polar surface area (TPSA) is 135 Å². The van der Waals surface area contributed by atoms with Crippen LogP contribution >= 0.6 is 0 Å². The number of rotatable bonds is 7. The molecule has 0 radical (unpaired) electrons. The number of carbonyl (C=O) groups is 2. The highest BCUT2D eigenvalue weighted by Gasteiger charge is 2.21. The van der Waals surface area contributed by atoms with Crippen LogP contribution in [-0.4, -0.2) is 38.6 Å². The number of furan rings is 1. The molecular formula is C16H18N2O7S. The molecule has 0 bridgehead atoms. The molecule has 1 aromatic heterocycles. The predicted octanol–water partition coefficient (Wildman–Crippen LogP) is 1.93. The van der Waals surface area contributed by atoms with Gasteiger partial charge in [-0.25, -0.2) is 17.9 Å². The number of benzene rings is 1. The van der Waals surface area contributed by atoms with Crippen LogP contribution in [0.1, 0.15) is 34.8 Å². The second-order valence-electron chi connectivity index (χ2n) is 5.46. The Labute approximate surface area is 150 Å². The Hall–Kier alpha value is -2.85. The Morgan fingerprint density at radius 2 is 1.88 bits per heavy atom. The van der Waals surface area contributed by atoms with Crippen molar-refractivity contribution in [2.75, 3.05) is 12.4 Å². The van der Waals surface area contributed by atoms with Crippen LogP contribution in [0.5, 0.6) is 5.75 Å². The van der Waals surface area contributed by atoms with Gasteiger partial charge in [0, 0.05) is 0 Å². The minimum absolute atomic E-state index is 0.0469. The molecule has 2 aromatic rings. The van der Waals surface area contributed by atoms with Crippen LogP contribution < -0.4 is 14.8 Å². The van der Waals surface area contributed by atoms with E-state index in [0.29, 0.717) is 0 Å². The summed E-state index contributed by atoms with van der Waals surface area (Å²) < 4.78 is 36.0. The van der Waals surface area contributed by atoms with E-state index >= 15 is 0 Å². The number of hydrogen-bond acceptors (Lipinski definition) is 6. The van der Waals surface area contributed by atoms with Crippen molar-refractivity contribution in [1.82, 2.24) is 4.72 Å². The van der Waals surface area contributed by atoms with Gasteiger partial charge in [-0.3, -0.25) is 4.79 Å². The van der Waals surface area contributed by atoms with Crippen LogP contribution in [0.3, 0.4) is 0 Å². The number of carboxylic acids is 1. The first-order valence-corrected chi connectivity index (χ1v) is 9.01. The number of carboxylic acid groups (broad SMARTS) is 1. The lowest BCUT2D eigenvalue weighted by Crippen LogP contribution is -2.18. The zero-order valence-electron chi connectivity index (χ0n) is 14.3. The van der Waals surface area contributed by atoms with Crippen molar-refractivity contribution in [3.63, 3.8) is 0 Å². The van der Waals surface area contributed by atoms with Gasteiger partial charge in [0.25, 0.3) is 15.9 Å². The average Bonchev–Trinajstić information content (AvgIpc) is 3.06. The third-order valence-electron chi connectivity index (χ3n) is 3.18. The standard InChI is InChI=1S/C16H18N2O7S/c1-9(2)24-12-5-4-10(16(20)21)8-11(12)18-15(19)13-6-7-14(25-13)26(22,23)17-3/h4-9,17H,1-3H3,(H,18,19)(H,20,21). The smallest absolute Gasteiger partial charge is 0.335 e. The summed E-state index contributed by atoms with van der Waals surface area (Å²) in [5.41, 5.74) is 0.0762. The Morgan fingerprint density at radius 1 is 1.19 bits per heavy atom. The molecule has 3 N–H and O–H groups in total. The maximum atomic E-state index is 12.3. The van der Waals surface area contributed by atoms with Gasteiger partial charge < -0.3 is 19.6 Å². The quantitative estimate of drug-likeness (QED) is 0.666. The molecule has 1 heterocycles. The molecule has 0 atom stereocenters. The summed E-state index contributed by atoms with van der Waals surface area (Å²) >= 11 is 0. The van der Waals surface area contributed by atoms with Gasteiger partial charge in [-0.05, 0) is 51.2 Å². The molecule has 1 amide bonds. The Kier molecular flexibility index (Phi) is 5.68. The van der Waals surface area contributed by atoms with Gasteiger partial charge in [0.1, 0.15) is 5.75 Å². The van der Waals surface area contributed by atoms with Crippen LogP contribution in [0.2, 0.25) is 0 Å². The first-order valence-electron chi connectivity index (χ1n) is 7.52. The second kappa shape index (κ2) is 7.58. The largest absolute Gasteiger partial charge is 0.489 e. The first-order chi connectivity index (χ1) is 12.1. The molecule has 0 aliphatic rings. The Morgan fingerprint density at radius 3 is 2.46 bits per heavy atom. The molecular weight excluding hydrogens is 364 g/mol. The zero-order valence-corrected chi connectivity index (χ0v) is 15.1. The number of nitrogens with one attached hydrogen (secondary N) is 2. The molecule has 0 saturated carbocycles. The number of hydrogen-bond donors (Lipinski definition) is 3. The summed E-state index contributed by atoms with van der Waals surface area (Å²) in [6, 6.07) is 6.36. The third-order valence-corrected chi connectivity index (χ3v) is 4.46. The summed E-state index contributed by atoms with van der Waals surface area (Å²) in [6.07, 6.45) is -0.211. The molecule has 0 unspecified atom stereocenters. The fraction of sp³-hybridized carbons (Fsp3) is 0.250. The number of amides is 1. The van der Waals surface area contributed by atoms with Crippen LogP contribution in [0.15, 0.2) is 39.8 Å². The summed E-state index contributed by atoms with van der Waals surface area (Å²) in [4.78, 5) is 23.5. The highest BCUT2D eigenvalue weighted by molar-refractivity contribution is 7.89. The normalized spacial score (nSPS) is 11.4. The number of anilines is 1. The third kappa shape index (κ3) is 4.41. The molecule has 9 nitrogen and oxygen atoms in total. The van der Waals surface area contributed by atoms with Crippen molar-refractivity contribution in [2.45, 2.75) is 25.0 Å². The van der Waals surface area contributed by atoms with Gasteiger partial charge in [-0.15, -0.1) is 0 Å². The van der Waals surface area contributed by atoms with Gasteiger partial charge in [0.05, 0.1) is 17.4 Å². The number of ether oxygens (including phenoxy) is 1. The SMILES string of the molecule is CNS(=O)(=O)c1ccc(C(=O)Nc2cc(C(=O)O)ccc2OC(C)C)o1. The van der Waals surface area contributed by atoms with Crippen molar-refractivity contribution < 1.29 is 32.3 Å². The summed E-state index contributed by atoms with van der Waals surface area (Å²) in [5, 5.41) is 11.2. The zero-order chi connectivity index (χ0) is 19.5. The molecule has 1 aromatic carbocycles. The Balaban J connectivity index is 2.33. The highest BCUT2D eigenvalue weighted by atomic mass is 32.2. The summed E-state index contributed by atoms with van der Waals surface area (Å²) in [6.45, 7) is 3.55. The molecule has 10 heteroatoms. The lowest BCUT2D eigenvalue weighted by atomic mass is 10.2. The molecule has 0 aliphatic carbocycles. The first kappa shape index (κ1) is 19.5. The average molecular weight is 382 g/mol. The van der Waals surface area contributed by atoms with E-state index < -0.39 is 27.0 Å². The van der Waals surface area contributed by atoms with Crippen molar-refractivity contribution >= 4 is 27.6 Å². The molecule has 0 spiro atoms. The van der Waals surface area contributed by atoms with Gasteiger partial charge in [0.2, 0.25) is 5.09 Å². The van der Waals surface area contributed by atoms with Crippen molar-refractivity contribution in [3.05, 3.63) is 41.7 Å². The molecule has 0 saturated heterocycles.